The zero-order valence-corrected chi connectivity index (χ0v) is 11.3. The highest BCUT2D eigenvalue weighted by molar-refractivity contribution is 6.34. The van der Waals surface area contributed by atoms with Crippen LogP contribution in [0.3, 0.4) is 0 Å². The van der Waals surface area contributed by atoms with Crippen molar-refractivity contribution in [2.45, 2.75) is 0 Å². The molecule has 0 spiro atoms. The number of rotatable bonds is 4. The lowest BCUT2D eigenvalue weighted by atomic mass is 10.2. The molecule has 1 heterocycles. The number of nitro groups is 1. The number of amides is 1. The summed E-state index contributed by atoms with van der Waals surface area (Å²) in [7, 11) is 0. The Morgan fingerprint density at radius 1 is 1.38 bits per heavy atom. The summed E-state index contributed by atoms with van der Waals surface area (Å²) >= 11 is 5.91. The third-order valence-electron chi connectivity index (χ3n) is 2.60. The molecule has 2 rings (SSSR count). The minimum Gasteiger partial charge on any atom is -0.320 e. The van der Waals surface area contributed by atoms with E-state index in [0.29, 0.717) is 0 Å². The van der Waals surface area contributed by atoms with Crippen LogP contribution in [0.1, 0.15) is 10.4 Å². The van der Waals surface area contributed by atoms with Gasteiger partial charge in [-0.15, -0.1) is 0 Å². The van der Waals surface area contributed by atoms with Crippen molar-refractivity contribution in [2.24, 2.45) is 5.84 Å². The summed E-state index contributed by atoms with van der Waals surface area (Å²) in [6.07, 6.45) is 1.46. The zero-order chi connectivity index (χ0) is 15.4. The van der Waals surface area contributed by atoms with E-state index in [9.17, 15) is 14.9 Å². The second-order valence-electron chi connectivity index (χ2n) is 3.92. The Hall–Kier alpha value is -2.71. The number of halogens is 1. The third-order valence-corrected chi connectivity index (χ3v) is 2.93. The standard InChI is InChI=1S/C12H10ClN5O3/c13-9-4-3-7(18(20)21)6-10(9)16-12(19)8-2-1-5-15-11(8)17-14/h1-6H,14H2,(H,15,17)(H,16,19). The molecular weight excluding hydrogens is 298 g/mol. The van der Waals surface area contributed by atoms with Gasteiger partial charge in [0.25, 0.3) is 11.6 Å². The Labute approximate surface area is 124 Å². The van der Waals surface area contributed by atoms with E-state index in [1.165, 1.54) is 30.5 Å². The van der Waals surface area contributed by atoms with E-state index in [4.69, 9.17) is 17.4 Å². The fraction of sp³-hybridized carbons (Fsp3) is 0. The predicted octanol–water partition coefficient (Wildman–Crippen LogP) is 2.18. The summed E-state index contributed by atoms with van der Waals surface area (Å²) in [5.41, 5.74) is 2.42. The van der Waals surface area contributed by atoms with Crippen LogP contribution < -0.4 is 16.6 Å². The number of hydrogen-bond donors (Lipinski definition) is 3. The van der Waals surface area contributed by atoms with Gasteiger partial charge in [-0.25, -0.2) is 10.8 Å². The predicted molar refractivity (Wildman–Crippen MR) is 78.1 cm³/mol. The molecule has 0 bridgehead atoms. The van der Waals surface area contributed by atoms with Crippen LogP contribution in [0.15, 0.2) is 36.5 Å². The van der Waals surface area contributed by atoms with Crippen molar-refractivity contribution >= 4 is 34.7 Å². The fourth-order valence-electron chi connectivity index (χ4n) is 1.62. The smallest absolute Gasteiger partial charge is 0.271 e. The van der Waals surface area contributed by atoms with Gasteiger partial charge in [0.05, 0.1) is 21.2 Å². The largest absolute Gasteiger partial charge is 0.320 e. The first kappa shape index (κ1) is 14.7. The first-order chi connectivity index (χ1) is 10.0. The molecular formula is C12H10ClN5O3. The molecule has 0 aliphatic rings. The summed E-state index contributed by atoms with van der Waals surface area (Å²) in [6, 6.07) is 6.81. The summed E-state index contributed by atoms with van der Waals surface area (Å²) in [6.45, 7) is 0. The summed E-state index contributed by atoms with van der Waals surface area (Å²) < 4.78 is 0. The Morgan fingerprint density at radius 2 is 2.14 bits per heavy atom. The lowest BCUT2D eigenvalue weighted by molar-refractivity contribution is -0.384. The average Bonchev–Trinajstić information content (AvgIpc) is 2.49. The van der Waals surface area contributed by atoms with E-state index < -0.39 is 10.8 Å². The number of aromatic nitrogens is 1. The lowest BCUT2D eigenvalue weighted by Gasteiger charge is -2.09. The van der Waals surface area contributed by atoms with E-state index in [0.717, 1.165) is 0 Å². The molecule has 0 saturated carbocycles. The van der Waals surface area contributed by atoms with Gasteiger partial charge < -0.3 is 10.7 Å². The van der Waals surface area contributed by atoms with E-state index in [-0.39, 0.29) is 27.8 Å². The van der Waals surface area contributed by atoms with E-state index in [2.05, 4.69) is 15.7 Å². The minimum absolute atomic E-state index is 0.127. The van der Waals surface area contributed by atoms with E-state index in [1.54, 1.807) is 6.07 Å². The molecule has 0 aliphatic carbocycles. The molecule has 0 atom stereocenters. The Morgan fingerprint density at radius 3 is 2.81 bits per heavy atom. The van der Waals surface area contributed by atoms with Crippen molar-refractivity contribution in [1.29, 1.82) is 0 Å². The van der Waals surface area contributed by atoms with Crippen molar-refractivity contribution in [1.82, 2.24) is 4.98 Å². The van der Waals surface area contributed by atoms with Gasteiger partial charge in [-0.05, 0) is 18.2 Å². The topological polar surface area (TPSA) is 123 Å². The second kappa shape index (κ2) is 6.16. The van der Waals surface area contributed by atoms with Gasteiger partial charge in [0, 0.05) is 18.3 Å². The monoisotopic (exact) mass is 307 g/mol. The molecule has 4 N–H and O–H groups in total. The van der Waals surface area contributed by atoms with Crippen LogP contribution in [-0.4, -0.2) is 15.8 Å². The number of benzene rings is 1. The number of hydrazine groups is 1. The lowest BCUT2D eigenvalue weighted by Crippen LogP contribution is -2.18. The van der Waals surface area contributed by atoms with Gasteiger partial charge in [-0.2, -0.15) is 0 Å². The van der Waals surface area contributed by atoms with Crippen LogP contribution in [0.2, 0.25) is 5.02 Å². The number of nitrogen functional groups attached to an aromatic ring is 1. The molecule has 0 fully saturated rings. The number of nitrogens with zero attached hydrogens (tertiary/aromatic N) is 2. The molecule has 1 amide bonds. The van der Waals surface area contributed by atoms with Gasteiger partial charge in [-0.1, -0.05) is 11.6 Å². The highest BCUT2D eigenvalue weighted by Gasteiger charge is 2.15. The van der Waals surface area contributed by atoms with Crippen LogP contribution in [0, 0.1) is 10.1 Å². The van der Waals surface area contributed by atoms with Crippen molar-refractivity contribution in [2.75, 3.05) is 10.7 Å². The van der Waals surface area contributed by atoms with Crippen molar-refractivity contribution in [3.63, 3.8) is 0 Å². The fourth-order valence-corrected chi connectivity index (χ4v) is 1.78. The third kappa shape index (κ3) is 3.25. The van der Waals surface area contributed by atoms with Crippen LogP contribution in [-0.2, 0) is 0 Å². The van der Waals surface area contributed by atoms with Gasteiger partial charge in [0.1, 0.15) is 0 Å². The summed E-state index contributed by atoms with van der Waals surface area (Å²) in [5.74, 6) is 4.90. The van der Waals surface area contributed by atoms with Crippen molar-refractivity contribution < 1.29 is 9.72 Å². The molecule has 8 nitrogen and oxygen atoms in total. The molecule has 2 aromatic rings. The number of nitro benzene ring substituents is 1. The molecule has 0 unspecified atom stereocenters. The second-order valence-corrected chi connectivity index (χ2v) is 4.33. The van der Waals surface area contributed by atoms with Crippen LogP contribution >= 0.6 is 11.6 Å². The SMILES string of the molecule is NNc1ncccc1C(=O)Nc1cc([N+](=O)[O-])ccc1Cl. The first-order valence-corrected chi connectivity index (χ1v) is 6.07. The number of carbonyl (C=O) groups excluding carboxylic acids is 1. The number of carbonyl (C=O) groups is 1. The van der Waals surface area contributed by atoms with Crippen LogP contribution in [0.5, 0.6) is 0 Å². The number of anilines is 2. The summed E-state index contributed by atoms with van der Waals surface area (Å²) in [4.78, 5) is 26.2. The van der Waals surface area contributed by atoms with E-state index in [1.807, 2.05) is 0 Å². The van der Waals surface area contributed by atoms with Gasteiger partial charge in [0.15, 0.2) is 5.82 Å². The zero-order valence-electron chi connectivity index (χ0n) is 10.5. The maximum absolute atomic E-state index is 12.2. The van der Waals surface area contributed by atoms with Crippen LogP contribution in [0.4, 0.5) is 17.2 Å². The number of hydrogen-bond acceptors (Lipinski definition) is 6. The molecule has 0 aliphatic heterocycles. The normalized spacial score (nSPS) is 10.0. The van der Waals surface area contributed by atoms with E-state index >= 15 is 0 Å². The maximum atomic E-state index is 12.2. The Balaban J connectivity index is 2.31. The molecule has 21 heavy (non-hydrogen) atoms. The molecule has 0 saturated heterocycles. The highest BCUT2D eigenvalue weighted by atomic mass is 35.5. The van der Waals surface area contributed by atoms with Crippen molar-refractivity contribution in [3.8, 4) is 0 Å². The minimum atomic E-state index is -0.580. The summed E-state index contributed by atoms with van der Waals surface area (Å²) in [5, 5.41) is 13.4. The maximum Gasteiger partial charge on any atom is 0.271 e. The average molecular weight is 308 g/mol. The quantitative estimate of drug-likeness (QED) is 0.452. The molecule has 9 heteroatoms. The number of pyridine rings is 1. The molecule has 108 valence electrons. The van der Waals surface area contributed by atoms with Gasteiger partial charge in [-0.3, -0.25) is 14.9 Å². The van der Waals surface area contributed by atoms with Crippen molar-refractivity contribution in [3.05, 3.63) is 57.2 Å². The number of non-ortho nitro benzene ring substituents is 1. The number of nitrogens with one attached hydrogen (secondary N) is 2. The van der Waals surface area contributed by atoms with Gasteiger partial charge in [0.2, 0.25) is 0 Å². The Bertz CT molecular complexity index is 707. The molecule has 1 aromatic carbocycles. The first-order valence-electron chi connectivity index (χ1n) is 5.70. The van der Waals surface area contributed by atoms with Gasteiger partial charge >= 0.3 is 0 Å². The molecule has 1 aromatic heterocycles. The highest BCUT2D eigenvalue weighted by Crippen LogP contribution is 2.27. The number of nitrogens with two attached hydrogens (primary N) is 1. The van der Waals surface area contributed by atoms with Crippen LogP contribution in [0.25, 0.3) is 0 Å². The molecule has 0 radical (unpaired) electrons. The Kier molecular flexibility index (Phi) is 4.31.